The van der Waals surface area contributed by atoms with Crippen LogP contribution in [0.3, 0.4) is 0 Å². The summed E-state index contributed by atoms with van der Waals surface area (Å²) in [5.41, 5.74) is 0.758. The van der Waals surface area contributed by atoms with Crippen LogP contribution in [0.5, 0.6) is 11.5 Å². The Bertz CT molecular complexity index is 681. The quantitative estimate of drug-likeness (QED) is 0.792. The van der Waals surface area contributed by atoms with Gasteiger partial charge in [-0.1, -0.05) is 12.1 Å². The second-order valence-corrected chi connectivity index (χ2v) is 5.28. The van der Waals surface area contributed by atoms with Crippen molar-refractivity contribution in [3.05, 3.63) is 66.0 Å². The van der Waals surface area contributed by atoms with Crippen molar-refractivity contribution >= 4 is 12.0 Å². The number of amides is 1. The second-order valence-electron chi connectivity index (χ2n) is 5.28. The molecule has 1 atom stereocenters. The van der Waals surface area contributed by atoms with E-state index in [0.717, 1.165) is 11.3 Å². The summed E-state index contributed by atoms with van der Waals surface area (Å²) in [4.78, 5) is 11.8. The Labute approximate surface area is 140 Å². The van der Waals surface area contributed by atoms with E-state index in [-0.39, 0.29) is 17.8 Å². The molecule has 2 rings (SSSR count). The molecular weight excluding hydrogens is 309 g/mol. The van der Waals surface area contributed by atoms with Crippen LogP contribution in [0.4, 0.5) is 4.39 Å². The molecule has 126 valence electrons. The molecule has 5 heteroatoms. The maximum Gasteiger partial charge on any atom is 0.244 e. The molecule has 2 aromatic rings. The van der Waals surface area contributed by atoms with Crippen molar-refractivity contribution < 1.29 is 18.7 Å². The van der Waals surface area contributed by atoms with Gasteiger partial charge in [-0.05, 0) is 55.0 Å². The Balaban J connectivity index is 1.77. The minimum Gasteiger partial charge on any atom is -0.497 e. The Morgan fingerprint density at radius 2 is 1.75 bits per heavy atom. The lowest BCUT2D eigenvalue weighted by atomic mass is 10.2. The van der Waals surface area contributed by atoms with E-state index in [9.17, 15) is 9.18 Å². The molecule has 0 radical (unpaired) electrons. The van der Waals surface area contributed by atoms with Gasteiger partial charge in [-0.3, -0.25) is 4.79 Å². The van der Waals surface area contributed by atoms with E-state index in [2.05, 4.69) is 5.32 Å². The van der Waals surface area contributed by atoms with Crippen LogP contribution < -0.4 is 14.8 Å². The van der Waals surface area contributed by atoms with Crippen molar-refractivity contribution in [3.63, 3.8) is 0 Å². The van der Waals surface area contributed by atoms with Crippen LogP contribution in [0.2, 0.25) is 0 Å². The first-order valence-corrected chi connectivity index (χ1v) is 7.58. The highest BCUT2D eigenvalue weighted by Crippen LogP contribution is 2.17. The summed E-state index contributed by atoms with van der Waals surface area (Å²) in [6.45, 7) is 2.20. The number of carbonyl (C=O) groups excluding carboxylic acids is 1. The van der Waals surface area contributed by atoms with Crippen LogP contribution in [-0.4, -0.2) is 25.7 Å². The fraction of sp³-hybridized carbons (Fsp3) is 0.211. The summed E-state index contributed by atoms with van der Waals surface area (Å²) in [6, 6.07) is 13.0. The molecule has 0 fully saturated rings. The molecule has 1 N–H and O–H groups in total. The molecule has 0 bridgehead atoms. The first-order valence-electron chi connectivity index (χ1n) is 7.58. The molecule has 1 unspecified atom stereocenters. The van der Waals surface area contributed by atoms with Crippen LogP contribution in [0.1, 0.15) is 12.5 Å². The second kappa shape index (κ2) is 8.72. The Morgan fingerprint density at radius 1 is 1.12 bits per heavy atom. The van der Waals surface area contributed by atoms with Gasteiger partial charge in [0.05, 0.1) is 13.2 Å². The highest BCUT2D eigenvalue weighted by molar-refractivity contribution is 5.91. The van der Waals surface area contributed by atoms with E-state index in [1.165, 1.54) is 18.2 Å². The molecule has 4 nitrogen and oxygen atoms in total. The van der Waals surface area contributed by atoms with Crippen molar-refractivity contribution in [2.24, 2.45) is 0 Å². The third-order valence-electron chi connectivity index (χ3n) is 3.25. The van der Waals surface area contributed by atoms with Crippen molar-refractivity contribution in [2.75, 3.05) is 13.7 Å². The zero-order chi connectivity index (χ0) is 17.4. The molecule has 0 aliphatic heterocycles. The van der Waals surface area contributed by atoms with Gasteiger partial charge in [0.15, 0.2) is 0 Å². The normalized spacial score (nSPS) is 12.0. The van der Waals surface area contributed by atoms with Gasteiger partial charge in [0.25, 0.3) is 0 Å². The molecule has 0 aliphatic rings. The van der Waals surface area contributed by atoms with Gasteiger partial charge in [0, 0.05) is 6.08 Å². The number of hydrogen-bond donors (Lipinski definition) is 1. The first-order chi connectivity index (χ1) is 11.6. The molecule has 24 heavy (non-hydrogen) atoms. The van der Waals surface area contributed by atoms with Crippen molar-refractivity contribution in [2.45, 2.75) is 13.0 Å². The van der Waals surface area contributed by atoms with Crippen LogP contribution in [0.25, 0.3) is 6.08 Å². The first kappa shape index (κ1) is 17.5. The lowest BCUT2D eigenvalue weighted by Crippen LogP contribution is -2.35. The number of methoxy groups -OCH3 is 1. The van der Waals surface area contributed by atoms with Crippen molar-refractivity contribution in [1.29, 1.82) is 0 Å². The highest BCUT2D eigenvalue weighted by Gasteiger charge is 2.06. The third kappa shape index (κ3) is 5.76. The zero-order valence-electron chi connectivity index (χ0n) is 13.7. The van der Waals surface area contributed by atoms with Crippen molar-refractivity contribution in [3.8, 4) is 11.5 Å². The molecule has 2 aromatic carbocycles. The Morgan fingerprint density at radius 3 is 2.38 bits per heavy atom. The molecular formula is C19H20FNO3. The lowest BCUT2D eigenvalue weighted by Gasteiger charge is -2.14. The van der Waals surface area contributed by atoms with Gasteiger partial charge < -0.3 is 14.8 Å². The van der Waals surface area contributed by atoms with Gasteiger partial charge in [0.2, 0.25) is 5.91 Å². The third-order valence-corrected chi connectivity index (χ3v) is 3.25. The molecule has 0 saturated carbocycles. The number of nitrogens with one attached hydrogen (secondary N) is 1. The summed E-state index contributed by atoms with van der Waals surface area (Å²) in [5, 5.41) is 2.80. The average Bonchev–Trinajstić information content (AvgIpc) is 2.60. The topological polar surface area (TPSA) is 47.6 Å². The van der Waals surface area contributed by atoms with E-state index in [0.29, 0.717) is 12.4 Å². The predicted octanol–water partition coefficient (Wildman–Crippen LogP) is 3.43. The molecule has 1 amide bonds. The largest absolute Gasteiger partial charge is 0.497 e. The molecule has 0 spiro atoms. The molecule has 0 saturated heterocycles. The fourth-order valence-corrected chi connectivity index (χ4v) is 1.97. The monoisotopic (exact) mass is 329 g/mol. The zero-order valence-corrected chi connectivity index (χ0v) is 13.7. The maximum atomic E-state index is 12.8. The van der Waals surface area contributed by atoms with Gasteiger partial charge in [0.1, 0.15) is 23.9 Å². The summed E-state index contributed by atoms with van der Waals surface area (Å²) in [6.07, 6.45) is 3.04. The Hall–Kier alpha value is -2.82. The number of halogens is 1. The van der Waals surface area contributed by atoms with Crippen LogP contribution in [-0.2, 0) is 4.79 Å². The number of ether oxygens (including phenoxy) is 2. The summed E-state index contributed by atoms with van der Waals surface area (Å²) >= 11 is 0. The SMILES string of the molecule is COc1ccc(OCC(C)NC(=O)/C=C/c2ccc(F)cc2)cc1. The molecule has 0 aliphatic carbocycles. The summed E-state index contributed by atoms with van der Waals surface area (Å²) in [5.74, 6) is 0.930. The minimum atomic E-state index is -0.305. The smallest absolute Gasteiger partial charge is 0.244 e. The molecule has 0 heterocycles. The standard InChI is InChI=1S/C19H20FNO3/c1-14(13-24-18-10-8-17(23-2)9-11-18)21-19(22)12-5-15-3-6-16(20)7-4-15/h3-12,14H,13H2,1-2H3,(H,21,22)/b12-5+. The lowest BCUT2D eigenvalue weighted by molar-refractivity contribution is -0.117. The summed E-state index contributed by atoms with van der Waals surface area (Å²) in [7, 11) is 1.60. The van der Waals surface area contributed by atoms with Crippen molar-refractivity contribution in [1.82, 2.24) is 5.32 Å². The highest BCUT2D eigenvalue weighted by atomic mass is 19.1. The van der Waals surface area contributed by atoms with E-state index in [1.807, 2.05) is 31.2 Å². The van der Waals surface area contributed by atoms with Gasteiger partial charge in [-0.2, -0.15) is 0 Å². The molecule has 0 aromatic heterocycles. The average molecular weight is 329 g/mol. The summed E-state index contributed by atoms with van der Waals surface area (Å²) < 4.78 is 23.5. The number of benzene rings is 2. The predicted molar refractivity (Wildman–Crippen MR) is 91.5 cm³/mol. The van der Waals surface area contributed by atoms with E-state index in [1.54, 1.807) is 25.3 Å². The number of hydrogen-bond acceptors (Lipinski definition) is 3. The van der Waals surface area contributed by atoms with Crippen LogP contribution in [0, 0.1) is 5.82 Å². The number of carbonyl (C=O) groups is 1. The maximum absolute atomic E-state index is 12.8. The van der Waals surface area contributed by atoms with E-state index >= 15 is 0 Å². The van der Waals surface area contributed by atoms with Crippen LogP contribution >= 0.6 is 0 Å². The van der Waals surface area contributed by atoms with Gasteiger partial charge in [-0.15, -0.1) is 0 Å². The number of rotatable bonds is 7. The fourth-order valence-electron chi connectivity index (χ4n) is 1.97. The van der Waals surface area contributed by atoms with Gasteiger partial charge in [-0.25, -0.2) is 4.39 Å². The van der Waals surface area contributed by atoms with E-state index < -0.39 is 0 Å². The van der Waals surface area contributed by atoms with E-state index in [4.69, 9.17) is 9.47 Å². The Kier molecular flexibility index (Phi) is 6.37. The van der Waals surface area contributed by atoms with Crippen LogP contribution in [0.15, 0.2) is 54.6 Å². The van der Waals surface area contributed by atoms with Gasteiger partial charge >= 0.3 is 0 Å². The minimum absolute atomic E-state index is 0.155.